The van der Waals surface area contributed by atoms with Gasteiger partial charge in [-0.3, -0.25) is 9.59 Å². The molecule has 2 amide bonds. The largest absolute Gasteiger partial charge is 0.352 e. The molecule has 3 rings (SSSR count). The van der Waals surface area contributed by atoms with E-state index in [1.165, 1.54) is 0 Å². The Bertz CT molecular complexity index is 822. The number of rotatable bonds is 3. The van der Waals surface area contributed by atoms with Gasteiger partial charge in [0.05, 0.1) is 17.0 Å². The minimum Gasteiger partial charge on any atom is -0.352 e. The molecule has 0 aliphatic carbocycles. The van der Waals surface area contributed by atoms with Gasteiger partial charge in [-0.15, -0.1) is 0 Å². The third kappa shape index (κ3) is 2.56. The monoisotopic (exact) mass is 328 g/mol. The number of amides is 2. The first-order chi connectivity index (χ1) is 11.2. The zero-order valence-electron chi connectivity index (χ0n) is 14.9. The fraction of sp³-hybridized carbons (Fsp3) is 0.500. The number of carbonyl (C=O) groups excluding carboxylic acids is 2. The summed E-state index contributed by atoms with van der Waals surface area (Å²) in [5.74, 6) is 0.580. The first kappa shape index (κ1) is 16.5. The highest BCUT2D eigenvalue weighted by Gasteiger charge is 2.47. The molecule has 1 fully saturated rings. The number of fused-ring (bicyclic) bond motifs is 1. The van der Waals surface area contributed by atoms with Crippen molar-refractivity contribution in [1.29, 1.82) is 0 Å². The highest BCUT2D eigenvalue weighted by atomic mass is 16.2. The summed E-state index contributed by atoms with van der Waals surface area (Å²) in [5, 5.41) is 2.97. The summed E-state index contributed by atoms with van der Waals surface area (Å²) >= 11 is 0. The first-order valence-corrected chi connectivity index (χ1v) is 8.18. The Kier molecular flexibility index (Phi) is 3.86. The van der Waals surface area contributed by atoms with Gasteiger partial charge in [0.25, 0.3) is 0 Å². The summed E-state index contributed by atoms with van der Waals surface area (Å²) in [7, 11) is 3.74. The lowest BCUT2D eigenvalue weighted by Crippen LogP contribution is -2.46. The van der Waals surface area contributed by atoms with E-state index < -0.39 is 5.54 Å². The molecule has 128 valence electrons. The van der Waals surface area contributed by atoms with Gasteiger partial charge >= 0.3 is 0 Å². The predicted molar refractivity (Wildman–Crippen MR) is 92.3 cm³/mol. The molecule has 1 saturated heterocycles. The number of carbonyl (C=O) groups is 2. The molecule has 1 aliphatic rings. The zero-order valence-corrected chi connectivity index (χ0v) is 14.9. The summed E-state index contributed by atoms with van der Waals surface area (Å²) in [5.41, 5.74) is 2.55. The maximum absolute atomic E-state index is 12.5. The Morgan fingerprint density at radius 1 is 1.38 bits per heavy atom. The third-order valence-electron chi connectivity index (χ3n) is 5.42. The molecule has 2 aromatic rings. The lowest BCUT2D eigenvalue weighted by Gasteiger charge is -2.32. The molecule has 1 aromatic heterocycles. The average molecular weight is 328 g/mol. The summed E-state index contributed by atoms with van der Waals surface area (Å²) < 4.78 is 2.04. The summed E-state index contributed by atoms with van der Waals surface area (Å²) in [4.78, 5) is 30.6. The van der Waals surface area contributed by atoms with E-state index in [0.29, 0.717) is 6.54 Å². The standard InChI is InChI=1S/C18H24N4O2/c1-11-20-14-8-12(6-7-15(14)21(11)4)10-19-17(24)13-9-16(23)22(5)18(13,2)3/h6-8,13H,9-10H2,1-5H3,(H,19,24)/t13-/m1/s1. The summed E-state index contributed by atoms with van der Waals surface area (Å²) in [6, 6.07) is 6.02. The van der Waals surface area contributed by atoms with Crippen molar-refractivity contribution in [2.75, 3.05) is 7.05 Å². The molecule has 1 aliphatic heterocycles. The van der Waals surface area contributed by atoms with Crippen LogP contribution >= 0.6 is 0 Å². The van der Waals surface area contributed by atoms with E-state index in [2.05, 4.69) is 10.3 Å². The molecule has 2 heterocycles. The van der Waals surface area contributed by atoms with E-state index >= 15 is 0 Å². The quantitative estimate of drug-likeness (QED) is 0.933. The SMILES string of the molecule is Cc1nc2cc(CNC(=O)[C@H]3CC(=O)N(C)C3(C)C)ccc2n1C. The molecule has 0 saturated carbocycles. The predicted octanol–water partition coefficient (Wildman–Crippen LogP) is 1.75. The third-order valence-corrected chi connectivity index (χ3v) is 5.42. The van der Waals surface area contributed by atoms with Crippen molar-refractivity contribution >= 4 is 22.8 Å². The van der Waals surface area contributed by atoms with Crippen molar-refractivity contribution in [3.63, 3.8) is 0 Å². The first-order valence-electron chi connectivity index (χ1n) is 8.18. The second-order valence-corrected chi connectivity index (χ2v) is 7.12. The number of nitrogens with one attached hydrogen (secondary N) is 1. The van der Waals surface area contributed by atoms with Gasteiger partial charge in [0.1, 0.15) is 5.82 Å². The van der Waals surface area contributed by atoms with Gasteiger partial charge < -0.3 is 14.8 Å². The van der Waals surface area contributed by atoms with Crippen molar-refractivity contribution in [2.45, 2.75) is 39.3 Å². The minimum atomic E-state index is -0.455. The van der Waals surface area contributed by atoms with Gasteiger partial charge in [-0.1, -0.05) is 6.07 Å². The van der Waals surface area contributed by atoms with Gasteiger partial charge in [0.2, 0.25) is 11.8 Å². The van der Waals surface area contributed by atoms with Crippen LogP contribution in [0, 0.1) is 12.8 Å². The number of hydrogen-bond donors (Lipinski definition) is 1. The molecular formula is C18H24N4O2. The normalized spacial score (nSPS) is 20.0. The van der Waals surface area contributed by atoms with Crippen LogP contribution in [0.3, 0.4) is 0 Å². The topological polar surface area (TPSA) is 67.2 Å². The molecule has 0 unspecified atom stereocenters. The number of aryl methyl sites for hydroxylation is 2. The molecule has 0 radical (unpaired) electrons. The highest BCUT2D eigenvalue weighted by molar-refractivity contribution is 5.91. The fourth-order valence-corrected chi connectivity index (χ4v) is 3.32. The number of nitrogens with zero attached hydrogens (tertiary/aromatic N) is 3. The maximum atomic E-state index is 12.5. The van der Waals surface area contributed by atoms with E-state index in [0.717, 1.165) is 22.4 Å². The molecule has 6 nitrogen and oxygen atoms in total. The lowest BCUT2D eigenvalue weighted by atomic mass is 9.88. The van der Waals surface area contributed by atoms with Crippen LogP contribution in [-0.4, -0.2) is 38.9 Å². The number of imidazole rings is 1. The lowest BCUT2D eigenvalue weighted by molar-refractivity contribution is -0.128. The van der Waals surface area contributed by atoms with Crippen LogP contribution in [0.2, 0.25) is 0 Å². The molecule has 1 atom stereocenters. The van der Waals surface area contributed by atoms with Crippen molar-refractivity contribution < 1.29 is 9.59 Å². The van der Waals surface area contributed by atoms with Crippen molar-refractivity contribution in [2.24, 2.45) is 13.0 Å². The summed E-state index contributed by atoms with van der Waals surface area (Å²) in [6.07, 6.45) is 0.272. The van der Waals surface area contributed by atoms with Crippen LogP contribution in [0.25, 0.3) is 11.0 Å². The van der Waals surface area contributed by atoms with Crippen molar-refractivity contribution in [1.82, 2.24) is 19.8 Å². The molecule has 0 spiro atoms. The van der Waals surface area contributed by atoms with Crippen LogP contribution in [0.5, 0.6) is 0 Å². The Morgan fingerprint density at radius 2 is 2.08 bits per heavy atom. The average Bonchev–Trinajstić information content (AvgIpc) is 2.93. The molecule has 1 N–H and O–H groups in total. The van der Waals surface area contributed by atoms with Crippen LogP contribution in [0.1, 0.15) is 31.7 Å². The van der Waals surface area contributed by atoms with Gasteiger partial charge in [0, 0.05) is 32.6 Å². The van der Waals surface area contributed by atoms with Crippen molar-refractivity contribution in [3.05, 3.63) is 29.6 Å². The van der Waals surface area contributed by atoms with Crippen molar-refractivity contribution in [3.8, 4) is 0 Å². The van der Waals surface area contributed by atoms with E-state index in [9.17, 15) is 9.59 Å². The van der Waals surface area contributed by atoms with Gasteiger partial charge in [-0.05, 0) is 38.5 Å². The Morgan fingerprint density at radius 3 is 2.71 bits per heavy atom. The minimum absolute atomic E-state index is 0.0190. The van der Waals surface area contributed by atoms with Crippen LogP contribution in [0.4, 0.5) is 0 Å². The Labute approximate surface area is 141 Å². The second kappa shape index (κ2) is 5.61. The van der Waals surface area contributed by atoms with Crippen LogP contribution in [0.15, 0.2) is 18.2 Å². The van der Waals surface area contributed by atoms with E-state index in [1.807, 2.05) is 50.6 Å². The summed E-state index contributed by atoms with van der Waals surface area (Å²) in [6.45, 7) is 6.28. The Hall–Kier alpha value is -2.37. The van der Waals surface area contributed by atoms with Crippen LogP contribution < -0.4 is 5.32 Å². The molecule has 1 aromatic carbocycles. The fourth-order valence-electron chi connectivity index (χ4n) is 3.32. The van der Waals surface area contributed by atoms with E-state index in [4.69, 9.17) is 0 Å². The Balaban J connectivity index is 1.72. The number of hydrogen-bond acceptors (Lipinski definition) is 3. The van der Waals surface area contributed by atoms with E-state index in [1.54, 1.807) is 11.9 Å². The molecule has 6 heteroatoms. The highest BCUT2D eigenvalue weighted by Crippen LogP contribution is 2.34. The smallest absolute Gasteiger partial charge is 0.226 e. The van der Waals surface area contributed by atoms with Gasteiger partial charge in [-0.2, -0.15) is 0 Å². The molecular weight excluding hydrogens is 304 g/mol. The molecule has 24 heavy (non-hydrogen) atoms. The second-order valence-electron chi connectivity index (χ2n) is 7.12. The number of likely N-dealkylation sites (tertiary alicyclic amines) is 1. The van der Waals surface area contributed by atoms with E-state index in [-0.39, 0.29) is 24.2 Å². The zero-order chi connectivity index (χ0) is 17.6. The van der Waals surface area contributed by atoms with Gasteiger partial charge in [-0.25, -0.2) is 4.98 Å². The number of benzene rings is 1. The number of aromatic nitrogens is 2. The molecule has 0 bridgehead atoms. The van der Waals surface area contributed by atoms with Gasteiger partial charge in [0.15, 0.2) is 0 Å². The van der Waals surface area contributed by atoms with Crippen LogP contribution in [-0.2, 0) is 23.2 Å². The maximum Gasteiger partial charge on any atom is 0.226 e.